The van der Waals surface area contributed by atoms with Crippen molar-refractivity contribution in [1.29, 1.82) is 0 Å². The number of nitrogens with one attached hydrogen (secondary N) is 2. The topological polar surface area (TPSA) is 116 Å². The molecule has 0 spiro atoms. The van der Waals surface area contributed by atoms with Gasteiger partial charge in [0.15, 0.2) is 11.5 Å². The summed E-state index contributed by atoms with van der Waals surface area (Å²) in [6.45, 7) is 7.13. The van der Waals surface area contributed by atoms with E-state index in [1.807, 2.05) is 39.0 Å². The summed E-state index contributed by atoms with van der Waals surface area (Å²) in [7, 11) is 0. The lowest BCUT2D eigenvalue weighted by molar-refractivity contribution is -0.115. The molecule has 4 N–H and O–H groups in total. The van der Waals surface area contributed by atoms with Crippen LogP contribution in [0.5, 0.6) is 11.5 Å². The number of hydrogen-bond donors (Lipinski definition) is 3. The van der Waals surface area contributed by atoms with Crippen molar-refractivity contribution in [2.24, 2.45) is 0 Å². The third-order valence-electron chi connectivity index (χ3n) is 4.58. The number of benzene rings is 1. The number of amides is 2. The van der Waals surface area contributed by atoms with Crippen molar-refractivity contribution in [1.82, 2.24) is 15.6 Å². The Labute approximate surface area is 185 Å². The van der Waals surface area contributed by atoms with Gasteiger partial charge in [0.05, 0.1) is 22.4 Å². The molecule has 1 aliphatic heterocycles. The van der Waals surface area contributed by atoms with Gasteiger partial charge in [0.2, 0.25) is 0 Å². The van der Waals surface area contributed by atoms with Gasteiger partial charge < -0.3 is 15.2 Å². The molecule has 164 valence electrons. The minimum atomic E-state index is -0.396. The molecular weight excluding hydrogens is 416 g/mol. The fourth-order valence-corrected chi connectivity index (χ4v) is 3.46. The minimum absolute atomic E-state index is 0.00383. The molecule has 0 radical (unpaired) electrons. The molecule has 1 aromatic heterocycles. The van der Waals surface area contributed by atoms with Crippen LogP contribution in [0.25, 0.3) is 17.3 Å². The Morgan fingerprint density at radius 2 is 2.10 bits per heavy atom. The number of nitrogens with zero attached hydrogens (tertiary/aromatic N) is 1. The van der Waals surface area contributed by atoms with E-state index >= 15 is 0 Å². The van der Waals surface area contributed by atoms with Crippen molar-refractivity contribution in [3.63, 3.8) is 0 Å². The molecule has 2 heterocycles. The van der Waals surface area contributed by atoms with E-state index in [0.29, 0.717) is 40.1 Å². The quantitative estimate of drug-likeness (QED) is 0.233. The number of carbonyl (C=O) groups excluding carboxylic acids is 2. The number of aromatic nitrogens is 1. The smallest absolute Gasteiger partial charge is 0.290 e. The second-order valence-electron chi connectivity index (χ2n) is 6.95. The van der Waals surface area contributed by atoms with Gasteiger partial charge in [-0.25, -0.2) is 0 Å². The number of imide groups is 1. The summed E-state index contributed by atoms with van der Waals surface area (Å²) in [4.78, 5) is 27.8. The first-order valence-electron chi connectivity index (χ1n) is 10.1. The fourth-order valence-electron chi connectivity index (χ4n) is 2.77. The third-order valence-corrected chi connectivity index (χ3v) is 5.39. The highest BCUT2D eigenvalue weighted by Crippen LogP contribution is 2.39. The maximum atomic E-state index is 11.7. The number of hydrogen-bond acceptors (Lipinski definition) is 8. The number of rotatable bonds is 9. The van der Waals surface area contributed by atoms with Gasteiger partial charge in [0.1, 0.15) is 6.73 Å². The predicted molar refractivity (Wildman–Crippen MR) is 123 cm³/mol. The van der Waals surface area contributed by atoms with E-state index in [4.69, 9.17) is 15.2 Å². The minimum Gasteiger partial charge on any atom is -0.487 e. The lowest BCUT2D eigenvalue weighted by Gasteiger charge is -2.19. The summed E-state index contributed by atoms with van der Waals surface area (Å²) in [5.74, 6) is 0.667. The fraction of sp³-hybridized carbons (Fsp3) is 0.318. The first-order valence-corrected chi connectivity index (χ1v) is 10.9. The molecule has 8 nitrogen and oxygen atoms in total. The Morgan fingerprint density at radius 1 is 1.29 bits per heavy atom. The summed E-state index contributed by atoms with van der Waals surface area (Å²) in [5, 5.41) is 4.96. The van der Waals surface area contributed by atoms with Crippen LogP contribution in [0.4, 0.5) is 10.5 Å². The average Bonchev–Trinajstić information content (AvgIpc) is 3.06. The summed E-state index contributed by atoms with van der Waals surface area (Å²) in [6.07, 6.45) is 4.10. The van der Waals surface area contributed by atoms with Crippen LogP contribution < -0.4 is 25.8 Å². The molecule has 1 fully saturated rings. The molecule has 1 atom stereocenters. The lowest BCUT2D eigenvalue weighted by Crippen LogP contribution is -2.20. The summed E-state index contributed by atoms with van der Waals surface area (Å²) in [5.41, 5.74) is 8.93. The van der Waals surface area contributed by atoms with Crippen LogP contribution in [0.1, 0.15) is 32.8 Å². The molecular formula is C22H26N4O4S. The van der Waals surface area contributed by atoms with Gasteiger partial charge in [0, 0.05) is 11.8 Å². The number of nitrogens with two attached hydrogens (primary N) is 1. The van der Waals surface area contributed by atoms with Gasteiger partial charge in [0.25, 0.3) is 11.1 Å². The molecule has 0 aliphatic carbocycles. The number of carbonyl (C=O) groups is 2. The number of nitrogen functional groups attached to an aromatic ring is 1. The molecule has 1 aromatic carbocycles. The Morgan fingerprint density at radius 3 is 2.71 bits per heavy atom. The maximum Gasteiger partial charge on any atom is 0.290 e. The van der Waals surface area contributed by atoms with Gasteiger partial charge in [-0.15, -0.1) is 0 Å². The van der Waals surface area contributed by atoms with Gasteiger partial charge >= 0.3 is 0 Å². The first-order chi connectivity index (χ1) is 14.9. The number of anilines is 1. The van der Waals surface area contributed by atoms with E-state index in [1.165, 1.54) is 0 Å². The van der Waals surface area contributed by atoms with Crippen molar-refractivity contribution in [3.8, 4) is 22.8 Å². The van der Waals surface area contributed by atoms with Crippen LogP contribution in [0.15, 0.2) is 35.4 Å². The maximum absolute atomic E-state index is 11.7. The number of pyridine rings is 1. The molecule has 9 heteroatoms. The molecule has 0 bridgehead atoms. The Kier molecular flexibility index (Phi) is 7.54. The van der Waals surface area contributed by atoms with E-state index in [9.17, 15) is 9.59 Å². The normalized spacial score (nSPS) is 15.8. The van der Waals surface area contributed by atoms with Crippen molar-refractivity contribution >= 4 is 34.7 Å². The molecule has 1 saturated heterocycles. The zero-order valence-electron chi connectivity index (χ0n) is 17.7. The standard InChI is InChI=1S/C22H26N4O4S/c1-4-13(3)30-18-10-15(9-16(23)20(18)29-12-24-5-2)17-7-6-14(11-25-17)8-19-21(27)26-22(28)31-19/h6-11,13,24H,4-5,12,23H2,1-3H3,(H,26,27,28)/b19-8-. The van der Waals surface area contributed by atoms with Crippen molar-refractivity contribution in [2.75, 3.05) is 19.0 Å². The van der Waals surface area contributed by atoms with Crippen LogP contribution >= 0.6 is 11.8 Å². The van der Waals surface area contributed by atoms with E-state index in [-0.39, 0.29) is 11.3 Å². The molecule has 31 heavy (non-hydrogen) atoms. The lowest BCUT2D eigenvalue weighted by atomic mass is 10.1. The van der Waals surface area contributed by atoms with Gasteiger partial charge in [-0.1, -0.05) is 19.9 Å². The molecule has 1 unspecified atom stereocenters. The van der Waals surface area contributed by atoms with Crippen molar-refractivity contribution < 1.29 is 19.1 Å². The highest BCUT2D eigenvalue weighted by Gasteiger charge is 2.25. The van der Waals surface area contributed by atoms with E-state index in [2.05, 4.69) is 15.6 Å². The van der Waals surface area contributed by atoms with Gasteiger partial charge in [-0.2, -0.15) is 0 Å². The van der Waals surface area contributed by atoms with Crippen molar-refractivity contribution in [2.45, 2.75) is 33.3 Å². The van der Waals surface area contributed by atoms with Crippen LogP contribution in [0, 0.1) is 0 Å². The Bertz CT molecular complexity index is 992. The largest absolute Gasteiger partial charge is 0.487 e. The molecule has 2 amide bonds. The SMILES string of the molecule is CCNCOc1c(N)cc(-c2ccc(/C=C3\SC(=O)NC3=O)cn2)cc1OC(C)CC. The summed E-state index contributed by atoms with van der Waals surface area (Å²) >= 11 is 0.872. The zero-order chi connectivity index (χ0) is 22.4. The number of thioether (sulfide) groups is 1. The third kappa shape index (κ3) is 5.77. The van der Waals surface area contributed by atoms with Crippen LogP contribution in [0.2, 0.25) is 0 Å². The molecule has 1 aliphatic rings. The Balaban J connectivity index is 1.88. The first kappa shape index (κ1) is 22.6. The zero-order valence-corrected chi connectivity index (χ0v) is 18.5. The second-order valence-corrected chi connectivity index (χ2v) is 7.97. The highest BCUT2D eigenvalue weighted by molar-refractivity contribution is 8.18. The van der Waals surface area contributed by atoms with Gasteiger partial charge in [-0.3, -0.25) is 25.2 Å². The highest BCUT2D eigenvalue weighted by atomic mass is 32.2. The second kappa shape index (κ2) is 10.3. The molecule has 3 rings (SSSR count). The van der Waals surface area contributed by atoms with E-state index in [1.54, 1.807) is 18.3 Å². The predicted octanol–water partition coefficient (Wildman–Crippen LogP) is 3.78. The monoisotopic (exact) mass is 442 g/mol. The Hall–Kier alpha value is -3.04. The van der Waals surface area contributed by atoms with Gasteiger partial charge in [-0.05, 0) is 61.5 Å². The van der Waals surface area contributed by atoms with Crippen LogP contribution in [-0.2, 0) is 4.79 Å². The van der Waals surface area contributed by atoms with Crippen molar-refractivity contribution in [3.05, 3.63) is 40.9 Å². The average molecular weight is 443 g/mol. The van der Waals surface area contributed by atoms with E-state index in [0.717, 1.165) is 30.3 Å². The summed E-state index contributed by atoms with van der Waals surface area (Å²) < 4.78 is 11.9. The summed E-state index contributed by atoms with van der Waals surface area (Å²) in [6, 6.07) is 7.31. The number of ether oxygens (including phenoxy) is 2. The van der Waals surface area contributed by atoms with E-state index < -0.39 is 5.91 Å². The molecule has 2 aromatic rings. The van der Waals surface area contributed by atoms with Crippen LogP contribution in [-0.4, -0.2) is 35.5 Å². The van der Waals surface area contributed by atoms with Crippen LogP contribution in [0.3, 0.4) is 0 Å². The molecule has 0 saturated carbocycles.